The highest BCUT2D eigenvalue weighted by molar-refractivity contribution is 8.10. The van der Waals surface area contributed by atoms with Gasteiger partial charge in [0.05, 0.1) is 0 Å². The molecule has 0 spiro atoms. The maximum atomic E-state index is 11.3. The van der Waals surface area contributed by atoms with Crippen LogP contribution in [0.1, 0.15) is 0 Å². The van der Waals surface area contributed by atoms with Gasteiger partial charge in [-0.25, -0.2) is 16.8 Å². The summed E-state index contributed by atoms with van der Waals surface area (Å²) in [5.74, 6) is 0. The Hall–Kier alpha value is -0.460. The van der Waals surface area contributed by atoms with Gasteiger partial charge in [-0.2, -0.15) is 13.2 Å². The van der Waals surface area contributed by atoms with Gasteiger partial charge in [-0.1, -0.05) is 0 Å². The molecule has 0 bridgehead atoms. The second-order valence-electron chi connectivity index (χ2n) is 1.41. The lowest BCUT2D eigenvalue weighted by Crippen LogP contribution is -2.23. The van der Waals surface area contributed by atoms with Crippen LogP contribution in [0, 0.1) is 0 Å². The van der Waals surface area contributed by atoms with Gasteiger partial charge < -0.3 is 10.3 Å². The van der Waals surface area contributed by atoms with Gasteiger partial charge in [0.2, 0.25) is 10.4 Å². The monoisotopic (exact) mass is 248 g/mol. The van der Waals surface area contributed by atoms with Crippen molar-refractivity contribution in [2.24, 2.45) is 0 Å². The van der Waals surface area contributed by atoms with Gasteiger partial charge in [-0.05, 0) is 0 Å². The molecular weight excluding hydrogens is 244 g/mol. The van der Waals surface area contributed by atoms with Crippen LogP contribution in [0.4, 0.5) is 17.1 Å². The largest absolute Gasteiger partial charge is 0.480 e. The maximum absolute atomic E-state index is 11.3. The summed E-state index contributed by atoms with van der Waals surface area (Å²) >= 11 is 0. The molecule has 0 amide bonds. The van der Waals surface area contributed by atoms with Gasteiger partial charge in [0, 0.05) is 0 Å². The number of quaternary nitrogens is 1. The summed E-state index contributed by atoms with van der Waals surface area (Å²) in [5.41, 5.74) is -5.91. The minimum Gasteiger partial charge on any atom is -0.400 e. The fourth-order valence-corrected chi connectivity index (χ4v) is 1.44. The molecule has 0 radical (unpaired) electrons. The molecule has 0 aromatic heterocycles. The number of rotatable bonds is 2. The number of halogens is 4. The van der Waals surface area contributed by atoms with Gasteiger partial charge in [0.25, 0.3) is 0 Å². The first-order chi connectivity index (χ1) is 4.96. The number of nitrogens with zero attached hydrogens (tertiary/aromatic N) is 1. The minimum absolute atomic E-state index is 0. The van der Waals surface area contributed by atoms with Crippen molar-refractivity contribution in [3.63, 3.8) is 0 Å². The predicted molar refractivity (Wildman–Crippen MR) is 34.3 cm³/mol. The van der Waals surface area contributed by atoms with Crippen LogP contribution in [0.2, 0.25) is 0 Å². The molecule has 12 heteroatoms. The Bertz CT molecular complexity index is 352. The molecule has 0 aliphatic rings. The van der Waals surface area contributed by atoms with Crippen molar-refractivity contribution in [3.05, 3.63) is 4.13 Å². The summed E-state index contributed by atoms with van der Waals surface area (Å²) in [6, 6.07) is 0. The summed E-state index contributed by atoms with van der Waals surface area (Å²) in [4.78, 5) is 0. The molecule has 0 aromatic rings. The summed E-state index contributed by atoms with van der Waals surface area (Å²) in [6.07, 6.45) is 0. The van der Waals surface area contributed by atoms with Crippen LogP contribution in [-0.4, -0.2) is 22.3 Å². The standard InChI is InChI=1S/CF4NO4S2.H3N/c2-1(3,4)11(7,8)6-12(5,9)10;/h;1H3/q-1;/p+1. The van der Waals surface area contributed by atoms with Crippen LogP contribution >= 0.6 is 0 Å². The van der Waals surface area contributed by atoms with E-state index in [9.17, 15) is 33.9 Å². The molecular formula is CH4F4N2O4S2. The van der Waals surface area contributed by atoms with E-state index in [4.69, 9.17) is 0 Å². The van der Waals surface area contributed by atoms with Gasteiger partial charge in [-0.15, -0.1) is 3.89 Å². The van der Waals surface area contributed by atoms with Crippen molar-refractivity contribution in [1.82, 2.24) is 6.15 Å². The molecule has 13 heavy (non-hydrogen) atoms. The molecule has 82 valence electrons. The molecule has 0 fully saturated rings. The summed E-state index contributed by atoms with van der Waals surface area (Å²) < 4.78 is 84.3. The minimum atomic E-state index is -6.29. The van der Waals surface area contributed by atoms with Crippen LogP contribution in [-0.2, 0) is 20.4 Å². The Morgan fingerprint density at radius 3 is 1.38 bits per heavy atom. The molecule has 0 atom stereocenters. The molecule has 0 saturated heterocycles. The van der Waals surface area contributed by atoms with Gasteiger partial charge in [-0.3, -0.25) is 0 Å². The SMILES string of the molecule is O=S(=O)(F)[N-]S(=O)(=O)C(F)(F)F.[NH4+]. The third-order valence-corrected chi connectivity index (χ3v) is 2.56. The smallest absolute Gasteiger partial charge is 0.400 e. The molecule has 0 rings (SSSR count). The van der Waals surface area contributed by atoms with Crippen LogP contribution in [0.3, 0.4) is 0 Å². The van der Waals surface area contributed by atoms with Gasteiger partial charge in [0.15, 0.2) is 10.0 Å². The van der Waals surface area contributed by atoms with E-state index in [0.717, 1.165) is 4.13 Å². The highest BCUT2D eigenvalue weighted by Crippen LogP contribution is 2.29. The molecule has 0 aliphatic heterocycles. The Morgan fingerprint density at radius 1 is 1.00 bits per heavy atom. The third-order valence-electron chi connectivity index (χ3n) is 0.480. The van der Waals surface area contributed by atoms with Crippen molar-refractivity contribution in [2.75, 3.05) is 0 Å². The van der Waals surface area contributed by atoms with E-state index in [-0.39, 0.29) is 6.15 Å². The molecule has 0 heterocycles. The third kappa shape index (κ3) is 4.97. The fraction of sp³-hybridized carbons (Fsp3) is 1.00. The molecule has 0 unspecified atom stereocenters. The van der Waals surface area contributed by atoms with E-state index in [0.29, 0.717) is 0 Å². The van der Waals surface area contributed by atoms with Crippen LogP contribution in [0.15, 0.2) is 0 Å². The zero-order chi connectivity index (χ0) is 10.2. The average Bonchev–Trinajstić information content (AvgIpc) is 1.52. The topological polar surface area (TPSA) is 119 Å². The number of hydrogen-bond acceptors (Lipinski definition) is 4. The normalized spacial score (nSPS) is 13.5. The van der Waals surface area contributed by atoms with Gasteiger partial charge in [0.1, 0.15) is 0 Å². The Labute approximate surface area is 70.9 Å². The highest BCUT2D eigenvalue weighted by Gasteiger charge is 2.40. The molecule has 6 nitrogen and oxygen atoms in total. The van der Waals surface area contributed by atoms with Crippen LogP contribution < -0.4 is 6.15 Å². The van der Waals surface area contributed by atoms with Crippen molar-refractivity contribution < 1.29 is 33.9 Å². The first kappa shape index (κ1) is 15.0. The molecule has 0 aromatic carbocycles. The van der Waals surface area contributed by atoms with E-state index in [1.165, 1.54) is 0 Å². The molecule has 4 N–H and O–H groups in total. The summed E-state index contributed by atoms with van der Waals surface area (Å²) in [5, 5.41) is 0. The van der Waals surface area contributed by atoms with E-state index in [1.807, 2.05) is 0 Å². The van der Waals surface area contributed by atoms with E-state index < -0.39 is 25.9 Å². The zero-order valence-electron chi connectivity index (χ0n) is 5.91. The number of sulfonamides is 1. The first-order valence-corrected chi connectivity index (χ1v) is 4.74. The zero-order valence-corrected chi connectivity index (χ0v) is 7.54. The molecule has 0 aliphatic carbocycles. The maximum Gasteiger partial charge on any atom is 0.480 e. The molecule has 0 saturated carbocycles. The summed E-state index contributed by atoms with van der Waals surface area (Å²) in [6.45, 7) is 0. The lowest BCUT2D eigenvalue weighted by Gasteiger charge is -2.16. The Kier molecular flexibility index (Phi) is 4.31. The van der Waals surface area contributed by atoms with Crippen molar-refractivity contribution in [2.45, 2.75) is 5.51 Å². The predicted octanol–water partition coefficient (Wildman–Crippen LogP) is 0.800. The van der Waals surface area contributed by atoms with E-state index in [1.54, 1.807) is 0 Å². The second kappa shape index (κ2) is 3.73. The Balaban J connectivity index is 0. The average molecular weight is 248 g/mol. The number of hydrogen-bond donors (Lipinski definition) is 1. The lowest BCUT2D eigenvalue weighted by molar-refractivity contribution is -0.0425. The first-order valence-electron chi connectivity index (χ1n) is 1.96. The van der Waals surface area contributed by atoms with Crippen molar-refractivity contribution in [1.29, 1.82) is 0 Å². The second-order valence-corrected chi connectivity index (χ2v) is 4.24. The quantitative estimate of drug-likeness (QED) is 0.574. The van der Waals surface area contributed by atoms with E-state index >= 15 is 0 Å². The highest BCUT2D eigenvalue weighted by atomic mass is 32.3. The Morgan fingerprint density at radius 2 is 1.31 bits per heavy atom. The van der Waals surface area contributed by atoms with Crippen LogP contribution in [0.5, 0.6) is 0 Å². The lowest BCUT2D eigenvalue weighted by atomic mass is 11.6. The number of alkyl halides is 3. The van der Waals surface area contributed by atoms with Gasteiger partial charge >= 0.3 is 5.51 Å². The van der Waals surface area contributed by atoms with E-state index in [2.05, 4.69) is 0 Å². The van der Waals surface area contributed by atoms with Crippen LogP contribution in [0.25, 0.3) is 4.13 Å². The van der Waals surface area contributed by atoms with Crippen molar-refractivity contribution in [3.8, 4) is 0 Å². The summed E-state index contributed by atoms with van der Waals surface area (Å²) in [7, 11) is -12.3. The van der Waals surface area contributed by atoms with Crippen molar-refractivity contribution >= 4 is 20.4 Å². The fourth-order valence-electron chi connectivity index (χ4n) is 0.159.